The molecule has 2 aromatic rings. The number of fused-ring (bicyclic) bond motifs is 1. The largest absolute Gasteiger partial charge is 0.459 e. The zero-order chi connectivity index (χ0) is 23.3. The first kappa shape index (κ1) is 24.4. The van der Waals surface area contributed by atoms with E-state index in [-0.39, 0.29) is 17.4 Å². The SMILES string of the molecule is CC.Cc1cc(OC(C)F)cnc1C(=O)Nc1csc(C23COCCC2CSC(N)=N3)n1. The number of amidine groups is 1. The van der Waals surface area contributed by atoms with Crippen LogP contribution in [-0.2, 0) is 10.3 Å². The maximum atomic E-state index is 13.0. The van der Waals surface area contributed by atoms with Crippen molar-refractivity contribution in [2.75, 3.05) is 24.3 Å². The minimum absolute atomic E-state index is 0.219. The van der Waals surface area contributed by atoms with Gasteiger partial charge in [0.15, 0.2) is 5.17 Å². The van der Waals surface area contributed by atoms with Crippen LogP contribution in [0.25, 0.3) is 0 Å². The summed E-state index contributed by atoms with van der Waals surface area (Å²) >= 11 is 2.98. The molecule has 0 bridgehead atoms. The lowest BCUT2D eigenvalue weighted by Crippen LogP contribution is -2.47. The molecule has 174 valence electrons. The van der Waals surface area contributed by atoms with E-state index in [0.29, 0.717) is 29.8 Å². The molecule has 0 radical (unpaired) electrons. The number of rotatable bonds is 5. The lowest BCUT2D eigenvalue weighted by molar-refractivity contribution is 0.00448. The van der Waals surface area contributed by atoms with Crippen molar-refractivity contribution in [1.29, 1.82) is 0 Å². The number of aryl methyl sites for hydroxylation is 1. The molecule has 11 heteroatoms. The highest BCUT2D eigenvalue weighted by Crippen LogP contribution is 2.45. The molecule has 0 spiro atoms. The maximum Gasteiger partial charge on any atom is 0.275 e. The van der Waals surface area contributed by atoms with Gasteiger partial charge >= 0.3 is 0 Å². The number of nitrogens with zero attached hydrogens (tertiary/aromatic N) is 3. The van der Waals surface area contributed by atoms with Crippen LogP contribution in [0, 0.1) is 12.8 Å². The summed E-state index contributed by atoms with van der Waals surface area (Å²) in [6.45, 7) is 8.11. The summed E-state index contributed by atoms with van der Waals surface area (Å²) in [7, 11) is 0. The Hall–Kier alpha value is -2.24. The topological polar surface area (TPSA) is 112 Å². The van der Waals surface area contributed by atoms with Gasteiger partial charge in [0.05, 0.1) is 12.8 Å². The van der Waals surface area contributed by atoms with Crippen molar-refractivity contribution in [3.05, 3.63) is 33.9 Å². The van der Waals surface area contributed by atoms with Gasteiger partial charge in [-0.05, 0) is 25.0 Å². The van der Waals surface area contributed by atoms with Gasteiger partial charge < -0.3 is 20.5 Å². The first-order chi connectivity index (χ1) is 15.4. The molecule has 1 fully saturated rings. The molecule has 3 N–H and O–H groups in total. The maximum absolute atomic E-state index is 13.0. The number of aliphatic imine (C=N–C) groups is 1. The van der Waals surface area contributed by atoms with Crippen molar-refractivity contribution in [3.63, 3.8) is 0 Å². The van der Waals surface area contributed by atoms with Gasteiger partial charge in [-0.1, -0.05) is 25.6 Å². The van der Waals surface area contributed by atoms with E-state index in [4.69, 9.17) is 20.2 Å². The van der Waals surface area contributed by atoms with Crippen LogP contribution in [0.5, 0.6) is 5.75 Å². The predicted molar refractivity (Wildman–Crippen MR) is 126 cm³/mol. The number of nitrogens with one attached hydrogen (secondary N) is 1. The standard InChI is InChI=1S/C19H22FN5O3S2.C2H6/c1-10-5-13(28-11(2)20)6-22-15(10)16(26)23-14-8-29-17(24-14)19-9-27-4-3-12(19)7-30-18(21)25-19;1-2/h5-6,8,11-12H,3-4,7,9H2,1-2H3,(H2,21,25)(H,23,26);1-2H3. The molecule has 4 heterocycles. The molecule has 3 unspecified atom stereocenters. The van der Waals surface area contributed by atoms with Crippen molar-refractivity contribution in [2.45, 2.75) is 46.0 Å². The summed E-state index contributed by atoms with van der Waals surface area (Å²) in [6, 6.07) is 1.57. The van der Waals surface area contributed by atoms with Crippen molar-refractivity contribution in [3.8, 4) is 5.75 Å². The van der Waals surface area contributed by atoms with Gasteiger partial charge in [-0.2, -0.15) is 0 Å². The van der Waals surface area contributed by atoms with Gasteiger partial charge in [-0.3, -0.25) is 4.79 Å². The Morgan fingerprint density at radius 2 is 2.25 bits per heavy atom. The average molecular weight is 482 g/mol. The molecule has 2 aliphatic rings. The summed E-state index contributed by atoms with van der Waals surface area (Å²) < 4.78 is 23.7. The minimum atomic E-state index is -1.46. The van der Waals surface area contributed by atoms with E-state index >= 15 is 0 Å². The Morgan fingerprint density at radius 1 is 1.47 bits per heavy atom. The van der Waals surface area contributed by atoms with Crippen LogP contribution in [0.4, 0.5) is 10.2 Å². The van der Waals surface area contributed by atoms with E-state index in [1.54, 1.807) is 30.1 Å². The van der Waals surface area contributed by atoms with Crippen molar-refractivity contribution < 1.29 is 18.7 Å². The number of amides is 1. The molecule has 0 aromatic carbocycles. The molecule has 1 saturated heterocycles. The zero-order valence-corrected chi connectivity index (χ0v) is 20.2. The van der Waals surface area contributed by atoms with Crippen LogP contribution >= 0.6 is 23.1 Å². The molecule has 32 heavy (non-hydrogen) atoms. The van der Waals surface area contributed by atoms with E-state index in [1.807, 2.05) is 13.8 Å². The number of halogens is 1. The quantitative estimate of drug-likeness (QED) is 0.661. The second kappa shape index (κ2) is 10.6. The number of anilines is 1. The highest BCUT2D eigenvalue weighted by molar-refractivity contribution is 8.13. The molecule has 8 nitrogen and oxygen atoms in total. The summed E-state index contributed by atoms with van der Waals surface area (Å²) in [5, 5.41) is 5.86. The Labute approximate surface area is 195 Å². The summed E-state index contributed by atoms with van der Waals surface area (Å²) in [5.41, 5.74) is 6.20. The molecule has 2 aliphatic heterocycles. The van der Waals surface area contributed by atoms with Crippen LogP contribution in [0.3, 0.4) is 0 Å². The number of carbonyl (C=O) groups is 1. The van der Waals surface area contributed by atoms with Crippen molar-refractivity contribution in [1.82, 2.24) is 9.97 Å². The number of alkyl halides is 1. The first-order valence-electron chi connectivity index (χ1n) is 10.5. The van der Waals surface area contributed by atoms with Gasteiger partial charge in [0.2, 0.25) is 6.36 Å². The molecule has 1 amide bonds. The number of ether oxygens (including phenoxy) is 2. The second-order valence-corrected chi connectivity index (χ2v) is 9.11. The van der Waals surface area contributed by atoms with Crippen LogP contribution in [0.1, 0.15) is 48.3 Å². The Bertz CT molecular complexity index is 984. The zero-order valence-electron chi connectivity index (χ0n) is 18.6. The van der Waals surface area contributed by atoms with E-state index in [9.17, 15) is 9.18 Å². The second-order valence-electron chi connectivity index (χ2n) is 7.21. The van der Waals surface area contributed by atoms with Crippen LogP contribution < -0.4 is 15.8 Å². The number of hydrogen-bond acceptors (Lipinski definition) is 9. The number of nitrogens with two attached hydrogens (primary N) is 1. The van der Waals surface area contributed by atoms with E-state index in [0.717, 1.165) is 17.2 Å². The average Bonchev–Trinajstić information content (AvgIpc) is 3.23. The molecule has 3 atom stereocenters. The molecule has 0 saturated carbocycles. The first-order valence-corrected chi connectivity index (χ1v) is 12.3. The summed E-state index contributed by atoms with van der Waals surface area (Å²) in [5.74, 6) is 1.44. The van der Waals surface area contributed by atoms with E-state index in [2.05, 4.69) is 15.3 Å². The summed E-state index contributed by atoms with van der Waals surface area (Å²) in [4.78, 5) is 26.1. The molecule has 4 rings (SSSR count). The number of thioether (sulfide) groups is 1. The van der Waals surface area contributed by atoms with Crippen LogP contribution in [-0.4, -0.2) is 46.4 Å². The van der Waals surface area contributed by atoms with Gasteiger partial charge in [0, 0.05) is 30.6 Å². The fourth-order valence-corrected chi connectivity index (χ4v) is 5.60. The number of pyridine rings is 1. The van der Waals surface area contributed by atoms with Gasteiger partial charge in [-0.15, -0.1) is 11.3 Å². The number of thiazole rings is 1. The van der Waals surface area contributed by atoms with Crippen molar-refractivity contribution >= 4 is 40.0 Å². The fraction of sp³-hybridized carbons (Fsp3) is 0.524. The van der Waals surface area contributed by atoms with Gasteiger partial charge in [0.1, 0.15) is 27.8 Å². The lowest BCUT2D eigenvalue weighted by Gasteiger charge is -2.41. The monoisotopic (exact) mass is 481 g/mol. The number of hydrogen-bond donors (Lipinski definition) is 2. The van der Waals surface area contributed by atoms with E-state index in [1.165, 1.54) is 24.5 Å². The fourth-order valence-electron chi connectivity index (χ4n) is 3.60. The van der Waals surface area contributed by atoms with Crippen LogP contribution in [0.2, 0.25) is 0 Å². The third kappa shape index (κ3) is 5.21. The molecule has 2 aromatic heterocycles. The highest BCUT2D eigenvalue weighted by Gasteiger charge is 2.47. The summed E-state index contributed by atoms with van der Waals surface area (Å²) in [6.07, 6.45) is 0.756. The van der Waals surface area contributed by atoms with E-state index < -0.39 is 17.8 Å². The Balaban J connectivity index is 0.00000141. The number of aromatic nitrogens is 2. The Kier molecular flexibility index (Phi) is 8.07. The minimum Gasteiger partial charge on any atom is -0.459 e. The normalized spacial score (nSPS) is 23.2. The Morgan fingerprint density at radius 3 is 2.97 bits per heavy atom. The van der Waals surface area contributed by atoms with Crippen molar-refractivity contribution in [2.24, 2.45) is 16.6 Å². The smallest absolute Gasteiger partial charge is 0.275 e. The molecule has 0 aliphatic carbocycles. The predicted octanol–water partition coefficient (Wildman–Crippen LogP) is 4.11. The highest BCUT2D eigenvalue weighted by atomic mass is 32.2. The van der Waals surface area contributed by atoms with Crippen LogP contribution in [0.15, 0.2) is 22.6 Å². The third-order valence-corrected chi connectivity index (χ3v) is 7.00. The molecular weight excluding hydrogens is 453 g/mol. The third-order valence-electron chi connectivity index (χ3n) is 5.03. The van der Waals surface area contributed by atoms with Gasteiger partial charge in [0.25, 0.3) is 5.91 Å². The molecular formula is C21H28FN5O3S2. The lowest BCUT2D eigenvalue weighted by atomic mass is 9.82. The number of carbonyl (C=O) groups excluding carboxylic acids is 1. The van der Waals surface area contributed by atoms with Gasteiger partial charge in [-0.25, -0.2) is 19.4 Å².